The molecule has 6 heteroatoms. The molecule has 2 aromatic heterocycles. The van der Waals surface area contributed by atoms with Crippen LogP contribution < -0.4 is 5.32 Å². The second-order valence-corrected chi connectivity index (χ2v) is 6.24. The summed E-state index contributed by atoms with van der Waals surface area (Å²) in [6.07, 6.45) is 8.07. The molecule has 0 spiro atoms. The third kappa shape index (κ3) is 2.35. The molecule has 1 aliphatic carbocycles. The van der Waals surface area contributed by atoms with E-state index < -0.39 is 0 Å². The van der Waals surface area contributed by atoms with Gasteiger partial charge >= 0.3 is 0 Å². The number of anilines is 1. The Hall–Kier alpha value is -1.36. The number of hydrogen-bond donors (Lipinski definition) is 1. The number of aryl methyl sites for hydroxylation is 1. The first-order valence-electron chi connectivity index (χ1n) is 7.10. The highest BCUT2D eigenvalue weighted by molar-refractivity contribution is 6.19. The molecule has 0 radical (unpaired) electrons. The van der Waals surface area contributed by atoms with E-state index in [1.165, 1.54) is 12.8 Å². The quantitative estimate of drug-likeness (QED) is 0.884. The molecule has 1 N–H and O–H groups in total. The van der Waals surface area contributed by atoms with Gasteiger partial charge in [0.2, 0.25) is 0 Å². The van der Waals surface area contributed by atoms with Crippen molar-refractivity contribution in [3.63, 3.8) is 0 Å². The maximum Gasteiger partial charge on any atom is 0.163 e. The molecular weight excluding hydrogens is 274 g/mol. The zero-order valence-electron chi connectivity index (χ0n) is 11.9. The van der Waals surface area contributed by atoms with E-state index in [9.17, 15) is 0 Å². The van der Waals surface area contributed by atoms with Crippen LogP contribution in [0.5, 0.6) is 0 Å². The lowest BCUT2D eigenvalue weighted by Gasteiger charge is -2.39. The van der Waals surface area contributed by atoms with Crippen LogP contribution in [0.1, 0.15) is 32.6 Å². The van der Waals surface area contributed by atoms with Gasteiger partial charge in [0.05, 0.1) is 17.1 Å². The molecule has 0 amide bonds. The molecule has 2 atom stereocenters. The van der Waals surface area contributed by atoms with E-state index in [4.69, 9.17) is 11.6 Å². The predicted molar refractivity (Wildman–Crippen MR) is 81.0 cm³/mol. The summed E-state index contributed by atoms with van der Waals surface area (Å²) in [4.78, 5) is 8.67. The van der Waals surface area contributed by atoms with Crippen molar-refractivity contribution < 1.29 is 0 Å². The van der Waals surface area contributed by atoms with Gasteiger partial charge in [0.1, 0.15) is 12.1 Å². The first kappa shape index (κ1) is 13.6. The number of aromatic nitrogens is 4. The van der Waals surface area contributed by atoms with Crippen LogP contribution in [-0.2, 0) is 7.05 Å². The third-order valence-corrected chi connectivity index (χ3v) is 4.77. The molecule has 2 heterocycles. The zero-order chi connectivity index (χ0) is 14.2. The summed E-state index contributed by atoms with van der Waals surface area (Å²) in [5.74, 6) is 2.14. The first-order valence-corrected chi connectivity index (χ1v) is 7.64. The minimum absolute atomic E-state index is 0.0592. The molecule has 1 fully saturated rings. The van der Waals surface area contributed by atoms with Crippen molar-refractivity contribution >= 4 is 28.5 Å². The summed E-state index contributed by atoms with van der Waals surface area (Å²) in [5.41, 5.74) is 0.784. The van der Waals surface area contributed by atoms with Gasteiger partial charge in [-0.3, -0.25) is 4.68 Å². The molecule has 2 aromatic rings. The Balaban J connectivity index is 1.95. The summed E-state index contributed by atoms with van der Waals surface area (Å²) >= 11 is 6.28. The molecule has 108 valence electrons. The fourth-order valence-electron chi connectivity index (χ4n) is 3.24. The summed E-state index contributed by atoms with van der Waals surface area (Å²) in [6.45, 7) is 2.29. The highest BCUT2D eigenvalue weighted by Gasteiger charge is 2.35. The third-order valence-electron chi connectivity index (χ3n) is 4.26. The largest absolute Gasteiger partial charge is 0.363 e. The molecule has 20 heavy (non-hydrogen) atoms. The lowest BCUT2D eigenvalue weighted by Crippen LogP contribution is -2.44. The molecule has 0 aromatic carbocycles. The van der Waals surface area contributed by atoms with Crippen molar-refractivity contribution in [1.82, 2.24) is 19.7 Å². The SMILES string of the molecule is CC1CCCC(CCl)(Nc2ncnc3c2cnn3C)C1. The number of hydrogen-bond acceptors (Lipinski definition) is 4. The number of rotatable bonds is 3. The number of fused-ring (bicyclic) bond motifs is 1. The van der Waals surface area contributed by atoms with Crippen LogP contribution in [0.4, 0.5) is 5.82 Å². The van der Waals surface area contributed by atoms with E-state index in [2.05, 4.69) is 27.3 Å². The Kier molecular flexibility index (Phi) is 3.54. The second-order valence-electron chi connectivity index (χ2n) is 5.97. The van der Waals surface area contributed by atoms with Crippen LogP contribution in [0.15, 0.2) is 12.5 Å². The monoisotopic (exact) mass is 293 g/mol. The predicted octanol–water partition coefficient (Wildman–Crippen LogP) is 2.96. The second kappa shape index (κ2) is 5.20. The topological polar surface area (TPSA) is 55.6 Å². The van der Waals surface area contributed by atoms with Crippen molar-refractivity contribution in [3.05, 3.63) is 12.5 Å². The van der Waals surface area contributed by atoms with Crippen molar-refractivity contribution in [2.75, 3.05) is 11.2 Å². The molecule has 5 nitrogen and oxygen atoms in total. The molecule has 0 saturated heterocycles. The van der Waals surface area contributed by atoms with E-state index in [1.54, 1.807) is 11.0 Å². The molecule has 0 bridgehead atoms. The highest BCUT2D eigenvalue weighted by Crippen LogP contribution is 2.36. The number of nitrogens with zero attached hydrogens (tertiary/aromatic N) is 4. The minimum Gasteiger partial charge on any atom is -0.363 e. The maximum atomic E-state index is 6.28. The van der Waals surface area contributed by atoms with Crippen LogP contribution in [0.25, 0.3) is 11.0 Å². The lowest BCUT2D eigenvalue weighted by molar-refractivity contribution is 0.279. The molecule has 0 aliphatic heterocycles. The van der Waals surface area contributed by atoms with Crippen molar-refractivity contribution in [3.8, 4) is 0 Å². The van der Waals surface area contributed by atoms with E-state index in [0.717, 1.165) is 29.7 Å². The van der Waals surface area contributed by atoms with Gasteiger partial charge in [0.15, 0.2) is 5.65 Å². The normalized spacial score (nSPS) is 26.9. The Morgan fingerprint density at radius 1 is 1.50 bits per heavy atom. The van der Waals surface area contributed by atoms with E-state index in [1.807, 2.05) is 13.2 Å². The number of halogens is 1. The van der Waals surface area contributed by atoms with Gasteiger partial charge in [0, 0.05) is 12.9 Å². The molecule has 2 unspecified atom stereocenters. The summed E-state index contributed by atoms with van der Waals surface area (Å²) in [6, 6.07) is 0. The lowest BCUT2D eigenvalue weighted by atomic mass is 9.77. The van der Waals surface area contributed by atoms with Crippen LogP contribution in [0.2, 0.25) is 0 Å². The summed E-state index contributed by atoms with van der Waals surface area (Å²) < 4.78 is 1.76. The molecule has 1 saturated carbocycles. The first-order chi connectivity index (χ1) is 9.63. The van der Waals surface area contributed by atoms with Crippen LogP contribution in [-0.4, -0.2) is 31.2 Å². The fourth-order valence-corrected chi connectivity index (χ4v) is 3.55. The Morgan fingerprint density at radius 3 is 3.10 bits per heavy atom. The van der Waals surface area contributed by atoms with Gasteiger partial charge in [-0.25, -0.2) is 9.97 Å². The van der Waals surface area contributed by atoms with E-state index in [0.29, 0.717) is 11.8 Å². The average molecular weight is 294 g/mol. The highest BCUT2D eigenvalue weighted by atomic mass is 35.5. The van der Waals surface area contributed by atoms with Gasteiger partial charge in [-0.1, -0.05) is 19.8 Å². The fraction of sp³-hybridized carbons (Fsp3) is 0.643. The Labute approximate surface area is 123 Å². The zero-order valence-corrected chi connectivity index (χ0v) is 12.7. The number of nitrogens with one attached hydrogen (secondary N) is 1. The molecule has 3 rings (SSSR count). The van der Waals surface area contributed by atoms with Gasteiger partial charge in [-0.05, 0) is 18.8 Å². The Morgan fingerprint density at radius 2 is 2.35 bits per heavy atom. The van der Waals surface area contributed by atoms with Crippen LogP contribution in [0.3, 0.4) is 0 Å². The van der Waals surface area contributed by atoms with Crippen molar-refractivity contribution in [2.24, 2.45) is 13.0 Å². The number of alkyl halides is 1. The van der Waals surface area contributed by atoms with E-state index in [-0.39, 0.29) is 5.54 Å². The van der Waals surface area contributed by atoms with Gasteiger partial charge < -0.3 is 5.32 Å². The van der Waals surface area contributed by atoms with Crippen LogP contribution in [0, 0.1) is 5.92 Å². The van der Waals surface area contributed by atoms with Gasteiger partial charge in [0.25, 0.3) is 0 Å². The summed E-state index contributed by atoms with van der Waals surface area (Å²) in [7, 11) is 1.89. The van der Waals surface area contributed by atoms with Crippen molar-refractivity contribution in [2.45, 2.75) is 38.1 Å². The van der Waals surface area contributed by atoms with Crippen LogP contribution >= 0.6 is 11.6 Å². The standard InChI is InChI=1S/C14H20ClN5/c1-10-4-3-5-14(6-10,8-15)19-12-11-7-18-20(2)13(11)17-9-16-12/h7,9-10H,3-6,8H2,1-2H3,(H,16,17,19). The van der Waals surface area contributed by atoms with Crippen molar-refractivity contribution in [1.29, 1.82) is 0 Å². The molecular formula is C14H20ClN5. The van der Waals surface area contributed by atoms with E-state index >= 15 is 0 Å². The minimum atomic E-state index is -0.0592. The van der Waals surface area contributed by atoms with Gasteiger partial charge in [-0.15, -0.1) is 11.6 Å². The molecule has 1 aliphatic rings. The van der Waals surface area contributed by atoms with Gasteiger partial charge in [-0.2, -0.15) is 5.10 Å². The summed E-state index contributed by atoms with van der Waals surface area (Å²) in [5, 5.41) is 8.80. The maximum absolute atomic E-state index is 6.28. The smallest absolute Gasteiger partial charge is 0.163 e. The average Bonchev–Trinajstić information content (AvgIpc) is 2.82. The Bertz CT molecular complexity index is 611.